The summed E-state index contributed by atoms with van der Waals surface area (Å²) >= 11 is 0. The van der Waals surface area contributed by atoms with Crippen LogP contribution in [0.25, 0.3) is 0 Å². The molecule has 0 aliphatic carbocycles. The first-order valence-electron chi connectivity index (χ1n) is 9.97. The number of para-hydroxylation sites is 1. The summed E-state index contributed by atoms with van der Waals surface area (Å²) in [4.78, 5) is 31.6. The van der Waals surface area contributed by atoms with E-state index < -0.39 is 0 Å². The molecule has 3 rings (SSSR count). The van der Waals surface area contributed by atoms with Gasteiger partial charge in [0, 0.05) is 50.4 Å². The second-order valence-electron chi connectivity index (χ2n) is 7.99. The topological polar surface area (TPSA) is 55.9 Å². The number of likely N-dealkylation sites (N-methyl/N-ethyl adjacent to an activating group) is 1. The third kappa shape index (κ3) is 3.95. The summed E-state index contributed by atoms with van der Waals surface area (Å²) in [5, 5.41) is 3.12. The molecular weight excluding hydrogens is 340 g/mol. The van der Waals surface area contributed by atoms with Crippen molar-refractivity contribution in [1.82, 2.24) is 14.7 Å². The van der Waals surface area contributed by atoms with Crippen molar-refractivity contribution in [3.05, 3.63) is 29.3 Å². The molecule has 0 unspecified atom stereocenters. The summed E-state index contributed by atoms with van der Waals surface area (Å²) in [6, 6.07) is 6.00. The molecule has 27 heavy (non-hydrogen) atoms. The van der Waals surface area contributed by atoms with E-state index in [-0.39, 0.29) is 17.5 Å². The van der Waals surface area contributed by atoms with E-state index in [0.29, 0.717) is 19.5 Å². The molecule has 0 aromatic heterocycles. The predicted molar refractivity (Wildman–Crippen MR) is 108 cm³/mol. The molecule has 2 saturated heterocycles. The maximum atomic E-state index is 13.0. The van der Waals surface area contributed by atoms with Crippen molar-refractivity contribution >= 4 is 17.6 Å². The van der Waals surface area contributed by atoms with Gasteiger partial charge in [-0.25, -0.2) is 4.79 Å². The number of anilines is 1. The Labute approximate surface area is 162 Å². The molecule has 1 aromatic carbocycles. The summed E-state index contributed by atoms with van der Waals surface area (Å²) in [5.41, 5.74) is 2.94. The van der Waals surface area contributed by atoms with Crippen LogP contribution in [0.2, 0.25) is 0 Å². The maximum Gasteiger partial charge on any atom is 0.321 e. The van der Waals surface area contributed by atoms with Gasteiger partial charge >= 0.3 is 6.03 Å². The maximum absolute atomic E-state index is 13.0. The van der Waals surface area contributed by atoms with Crippen molar-refractivity contribution in [2.45, 2.75) is 45.6 Å². The monoisotopic (exact) mass is 372 g/mol. The molecule has 2 fully saturated rings. The van der Waals surface area contributed by atoms with Gasteiger partial charge in [-0.05, 0) is 51.8 Å². The second kappa shape index (κ2) is 7.89. The van der Waals surface area contributed by atoms with E-state index in [4.69, 9.17) is 0 Å². The van der Waals surface area contributed by atoms with Crippen molar-refractivity contribution in [3.63, 3.8) is 0 Å². The second-order valence-corrected chi connectivity index (χ2v) is 7.99. The summed E-state index contributed by atoms with van der Waals surface area (Å²) in [7, 11) is 2.13. The van der Waals surface area contributed by atoms with Crippen molar-refractivity contribution in [2.24, 2.45) is 0 Å². The summed E-state index contributed by atoms with van der Waals surface area (Å²) < 4.78 is 0. The van der Waals surface area contributed by atoms with E-state index in [9.17, 15) is 9.59 Å². The van der Waals surface area contributed by atoms with Gasteiger partial charge in [-0.1, -0.05) is 18.2 Å². The first kappa shape index (κ1) is 19.7. The number of amides is 3. The van der Waals surface area contributed by atoms with Gasteiger partial charge in [0.2, 0.25) is 5.91 Å². The van der Waals surface area contributed by atoms with E-state index in [1.54, 1.807) is 0 Å². The molecular formula is C21H32N4O2. The van der Waals surface area contributed by atoms with Crippen molar-refractivity contribution in [2.75, 3.05) is 45.1 Å². The van der Waals surface area contributed by atoms with Crippen LogP contribution in [-0.4, -0.2) is 71.9 Å². The van der Waals surface area contributed by atoms with Crippen LogP contribution in [0.15, 0.2) is 18.2 Å². The van der Waals surface area contributed by atoms with Crippen LogP contribution in [0, 0.1) is 13.8 Å². The molecule has 1 atom stereocenters. The number of nitrogens with zero attached hydrogens (tertiary/aromatic N) is 3. The molecule has 148 valence electrons. The van der Waals surface area contributed by atoms with E-state index in [1.165, 1.54) is 0 Å². The smallest absolute Gasteiger partial charge is 0.321 e. The normalized spacial score (nSPS) is 24.2. The fourth-order valence-corrected chi connectivity index (χ4v) is 4.40. The standard InChI is InChI=1S/C21H32N4O2/c1-5-24-12-11-21(10-9-18(24)26)15-25(14-13-23(21)4)20(27)22-19-16(2)7-6-8-17(19)3/h6-8H,5,9-15H2,1-4H3,(H,22,27)/t21-/m1/s1. The quantitative estimate of drug-likeness (QED) is 0.868. The minimum absolute atomic E-state index is 0.0391. The molecule has 2 aliphatic rings. The van der Waals surface area contributed by atoms with E-state index in [2.05, 4.69) is 17.3 Å². The largest absolute Gasteiger partial charge is 0.343 e. The van der Waals surface area contributed by atoms with Gasteiger partial charge in [0.25, 0.3) is 0 Å². The number of carbonyl (C=O) groups excluding carboxylic acids is 2. The number of carbonyl (C=O) groups is 2. The average Bonchev–Trinajstić information content (AvgIpc) is 2.80. The number of urea groups is 1. The minimum Gasteiger partial charge on any atom is -0.343 e. The first-order valence-corrected chi connectivity index (χ1v) is 9.97. The number of piperazine rings is 1. The number of rotatable bonds is 2. The van der Waals surface area contributed by atoms with Crippen LogP contribution >= 0.6 is 0 Å². The highest BCUT2D eigenvalue weighted by atomic mass is 16.2. The van der Waals surface area contributed by atoms with Crippen LogP contribution in [-0.2, 0) is 4.79 Å². The Kier molecular flexibility index (Phi) is 5.75. The van der Waals surface area contributed by atoms with Gasteiger partial charge in [-0.2, -0.15) is 0 Å². The molecule has 6 nitrogen and oxygen atoms in total. The average molecular weight is 373 g/mol. The lowest BCUT2D eigenvalue weighted by atomic mass is 9.86. The van der Waals surface area contributed by atoms with Crippen molar-refractivity contribution in [1.29, 1.82) is 0 Å². The third-order valence-corrected chi connectivity index (χ3v) is 6.39. The number of aryl methyl sites for hydroxylation is 2. The molecule has 6 heteroatoms. The molecule has 1 aromatic rings. The SMILES string of the molecule is CCN1CC[C@]2(CCC1=O)CN(C(=O)Nc1c(C)cccc1C)CCN2C. The van der Waals surface area contributed by atoms with Gasteiger partial charge < -0.3 is 15.1 Å². The van der Waals surface area contributed by atoms with Crippen LogP contribution in [0.3, 0.4) is 0 Å². The first-order chi connectivity index (χ1) is 12.9. The van der Waals surface area contributed by atoms with Crippen LogP contribution in [0.1, 0.15) is 37.3 Å². The highest BCUT2D eigenvalue weighted by Crippen LogP contribution is 2.32. The lowest BCUT2D eigenvalue weighted by molar-refractivity contribution is -0.130. The fourth-order valence-electron chi connectivity index (χ4n) is 4.40. The molecule has 1 spiro atoms. The number of benzene rings is 1. The minimum atomic E-state index is -0.115. The molecule has 0 saturated carbocycles. The molecule has 1 N–H and O–H groups in total. The van der Waals surface area contributed by atoms with Crippen molar-refractivity contribution < 1.29 is 9.59 Å². The Bertz CT molecular complexity index is 700. The van der Waals surface area contributed by atoms with Crippen LogP contribution in [0.4, 0.5) is 10.5 Å². The van der Waals surface area contributed by atoms with Gasteiger partial charge in [0.1, 0.15) is 0 Å². The zero-order valence-electron chi connectivity index (χ0n) is 17.0. The number of hydrogen-bond acceptors (Lipinski definition) is 3. The lowest BCUT2D eigenvalue weighted by Crippen LogP contribution is -2.62. The fraction of sp³-hybridized carbons (Fsp3) is 0.619. The zero-order chi connectivity index (χ0) is 19.6. The highest BCUT2D eigenvalue weighted by Gasteiger charge is 2.43. The Balaban J connectivity index is 1.75. The van der Waals surface area contributed by atoms with Crippen LogP contribution < -0.4 is 5.32 Å². The highest BCUT2D eigenvalue weighted by molar-refractivity contribution is 5.91. The Morgan fingerprint density at radius 2 is 1.85 bits per heavy atom. The van der Waals surface area contributed by atoms with Gasteiger partial charge in [-0.3, -0.25) is 9.69 Å². The lowest BCUT2D eigenvalue weighted by Gasteiger charge is -2.49. The Morgan fingerprint density at radius 3 is 2.52 bits per heavy atom. The molecule has 2 heterocycles. The molecule has 0 radical (unpaired) electrons. The summed E-state index contributed by atoms with van der Waals surface area (Å²) in [6.45, 7) is 9.81. The van der Waals surface area contributed by atoms with E-state index in [1.807, 2.05) is 48.8 Å². The predicted octanol–water partition coefficient (Wildman–Crippen LogP) is 2.85. The summed E-state index contributed by atoms with van der Waals surface area (Å²) in [5.74, 6) is 0.236. The summed E-state index contributed by atoms with van der Waals surface area (Å²) in [6.07, 6.45) is 2.28. The van der Waals surface area contributed by atoms with Gasteiger partial charge in [0.05, 0.1) is 0 Å². The molecule has 2 aliphatic heterocycles. The number of hydrogen-bond donors (Lipinski definition) is 1. The molecule has 0 bridgehead atoms. The van der Waals surface area contributed by atoms with Gasteiger partial charge in [-0.15, -0.1) is 0 Å². The third-order valence-electron chi connectivity index (χ3n) is 6.39. The van der Waals surface area contributed by atoms with Crippen molar-refractivity contribution in [3.8, 4) is 0 Å². The zero-order valence-corrected chi connectivity index (χ0v) is 17.0. The number of likely N-dealkylation sites (tertiary alicyclic amines) is 1. The molecule has 3 amide bonds. The van der Waals surface area contributed by atoms with E-state index >= 15 is 0 Å². The number of nitrogens with one attached hydrogen (secondary N) is 1. The Morgan fingerprint density at radius 1 is 1.15 bits per heavy atom. The van der Waals surface area contributed by atoms with Gasteiger partial charge in [0.15, 0.2) is 0 Å². The van der Waals surface area contributed by atoms with Crippen LogP contribution in [0.5, 0.6) is 0 Å². The van der Waals surface area contributed by atoms with E-state index in [0.717, 1.165) is 49.3 Å². The Hall–Kier alpha value is -2.08.